The fraction of sp³-hybridized carbons (Fsp3) is 0.538. The van der Waals surface area contributed by atoms with Crippen molar-refractivity contribution in [1.82, 2.24) is 5.32 Å². The molecule has 0 fully saturated rings. The number of ether oxygens (including phenoxy) is 1. The lowest BCUT2D eigenvalue weighted by molar-refractivity contribution is 0.296. The quantitative estimate of drug-likeness (QED) is 0.661. The zero-order chi connectivity index (χ0) is 12.3. The number of methoxy groups -OCH3 is 1. The van der Waals surface area contributed by atoms with Crippen LogP contribution in [0.3, 0.4) is 0 Å². The van der Waals surface area contributed by atoms with Crippen LogP contribution in [0.2, 0.25) is 0 Å². The number of hydrogen-bond acceptors (Lipinski definition) is 4. The molecule has 0 aromatic heterocycles. The van der Waals surface area contributed by atoms with Gasteiger partial charge in [-0.25, -0.2) is 0 Å². The predicted octanol–water partition coefficient (Wildman–Crippen LogP) is 1.90. The number of aliphatic hydroxyl groups excluding tert-OH is 1. The molecule has 0 aliphatic heterocycles. The molecule has 0 saturated carbocycles. The van der Waals surface area contributed by atoms with Gasteiger partial charge in [-0.2, -0.15) is 11.8 Å². The van der Waals surface area contributed by atoms with E-state index in [1.807, 2.05) is 30.0 Å². The van der Waals surface area contributed by atoms with E-state index in [1.165, 1.54) is 5.56 Å². The van der Waals surface area contributed by atoms with Crippen LogP contribution in [-0.2, 0) is 6.54 Å². The van der Waals surface area contributed by atoms with Crippen LogP contribution in [0.25, 0.3) is 0 Å². The molecule has 3 nitrogen and oxygen atoms in total. The van der Waals surface area contributed by atoms with Crippen LogP contribution in [0.15, 0.2) is 24.3 Å². The van der Waals surface area contributed by atoms with E-state index in [0.29, 0.717) is 6.61 Å². The van der Waals surface area contributed by atoms with Gasteiger partial charge in [0.1, 0.15) is 5.75 Å². The van der Waals surface area contributed by atoms with Gasteiger partial charge < -0.3 is 15.2 Å². The Hall–Kier alpha value is -0.710. The van der Waals surface area contributed by atoms with E-state index in [1.54, 1.807) is 7.11 Å². The van der Waals surface area contributed by atoms with Crippen molar-refractivity contribution in [3.63, 3.8) is 0 Å². The summed E-state index contributed by atoms with van der Waals surface area (Å²) in [5.41, 5.74) is 1.19. The van der Waals surface area contributed by atoms with Crippen molar-refractivity contribution in [2.24, 2.45) is 0 Å². The lowest BCUT2D eigenvalue weighted by Gasteiger charge is -2.09. The summed E-state index contributed by atoms with van der Waals surface area (Å²) in [6, 6.07) is 8.06. The van der Waals surface area contributed by atoms with Crippen LogP contribution < -0.4 is 10.1 Å². The minimum absolute atomic E-state index is 0.293. The summed E-state index contributed by atoms with van der Waals surface area (Å²) in [4.78, 5) is 0. The van der Waals surface area contributed by atoms with Gasteiger partial charge in [0.05, 0.1) is 7.11 Å². The third-order valence-electron chi connectivity index (χ3n) is 2.38. The first-order chi connectivity index (χ1) is 8.38. The van der Waals surface area contributed by atoms with E-state index in [2.05, 4.69) is 11.4 Å². The molecular formula is C13H21NO2S. The highest BCUT2D eigenvalue weighted by Crippen LogP contribution is 2.16. The van der Waals surface area contributed by atoms with Crippen molar-refractivity contribution in [1.29, 1.82) is 0 Å². The Labute approximate surface area is 108 Å². The Morgan fingerprint density at radius 3 is 2.88 bits per heavy atom. The Kier molecular flexibility index (Phi) is 7.88. The first-order valence-corrected chi connectivity index (χ1v) is 7.05. The third kappa shape index (κ3) is 5.96. The molecular weight excluding hydrogens is 234 g/mol. The van der Waals surface area contributed by atoms with E-state index < -0.39 is 0 Å². The SMILES string of the molecule is COc1ccccc1CNCCSCCCO. The van der Waals surface area contributed by atoms with Gasteiger partial charge in [-0.05, 0) is 18.2 Å². The van der Waals surface area contributed by atoms with Gasteiger partial charge >= 0.3 is 0 Å². The second kappa shape index (κ2) is 9.33. The molecule has 4 heteroatoms. The molecule has 0 atom stereocenters. The van der Waals surface area contributed by atoms with Gasteiger partial charge in [-0.15, -0.1) is 0 Å². The summed E-state index contributed by atoms with van der Waals surface area (Å²) in [5, 5.41) is 12.0. The van der Waals surface area contributed by atoms with Crippen molar-refractivity contribution < 1.29 is 9.84 Å². The molecule has 1 aromatic rings. The molecule has 1 rings (SSSR count). The summed E-state index contributed by atoms with van der Waals surface area (Å²) in [5.74, 6) is 3.05. The molecule has 1 aromatic carbocycles. The van der Waals surface area contributed by atoms with E-state index >= 15 is 0 Å². The van der Waals surface area contributed by atoms with Crippen molar-refractivity contribution >= 4 is 11.8 Å². The maximum Gasteiger partial charge on any atom is 0.123 e. The summed E-state index contributed by atoms with van der Waals surface area (Å²) < 4.78 is 5.28. The van der Waals surface area contributed by atoms with Crippen LogP contribution in [0.4, 0.5) is 0 Å². The average molecular weight is 255 g/mol. The number of benzene rings is 1. The topological polar surface area (TPSA) is 41.5 Å². The Bertz CT molecular complexity index is 307. The van der Waals surface area contributed by atoms with Crippen LogP contribution in [0.5, 0.6) is 5.75 Å². The predicted molar refractivity (Wildman–Crippen MR) is 73.7 cm³/mol. The highest BCUT2D eigenvalue weighted by Gasteiger charge is 1.99. The normalized spacial score (nSPS) is 10.5. The molecule has 0 aliphatic rings. The minimum atomic E-state index is 0.293. The van der Waals surface area contributed by atoms with Gasteiger partial charge in [0.2, 0.25) is 0 Å². The highest BCUT2D eigenvalue weighted by molar-refractivity contribution is 7.99. The Balaban J connectivity index is 2.13. The molecule has 0 heterocycles. The van der Waals surface area contributed by atoms with Gasteiger partial charge in [0, 0.05) is 31.0 Å². The van der Waals surface area contributed by atoms with Gasteiger partial charge in [0.25, 0.3) is 0 Å². The second-order valence-corrected chi connectivity index (χ2v) is 4.90. The molecule has 96 valence electrons. The molecule has 0 saturated heterocycles. The number of nitrogens with one attached hydrogen (secondary N) is 1. The van der Waals surface area contributed by atoms with Crippen molar-refractivity contribution in [3.8, 4) is 5.75 Å². The third-order valence-corrected chi connectivity index (χ3v) is 3.45. The maximum atomic E-state index is 8.63. The largest absolute Gasteiger partial charge is 0.496 e. The van der Waals surface area contributed by atoms with Gasteiger partial charge in [-0.1, -0.05) is 18.2 Å². The number of rotatable bonds is 9. The molecule has 0 bridgehead atoms. The average Bonchev–Trinajstić information content (AvgIpc) is 2.38. The number of thioether (sulfide) groups is 1. The van der Waals surface area contributed by atoms with Gasteiger partial charge in [-0.3, -0.25) is 0 Å². The Morgan fingerprint density at radius 2 is 2.12 bits per heavy atom. The molecule has 0 spiro atoms. The lowest BCUT2D eigenvalue weighted by Crippen LogP contribution is -2.17. The highest BCUT2D eigenvalue weighted by atomic mass is 32.2. The van der Waals surface area contributed by atoms with Crippen LogP contribution in [0, 0.1) is 0 Å². The van der Waals surface area contributed by atoms with Crippen molar-refractivity contribution in [2.75, 3.05) is 31.8 Å². The van der Waals surface area contributed by atoms with E-state index in [4.69, 9.17) is 9.84 Å². The first kappa shape index (κ1) is 14.4. The Morgan fingerprint density at radius 1 is 1.29 bits per heavy atom. The second-order valence-electron chi connectivity index (χ2n) is 3.68. The zero-order valence-corrected chi connectivity index (χ0v) is 11.1. The monoisotopic (exact) mass is 255 g/mol. The molecule has 0 aliphatic carbocycles. The fourth-order valence-corrected chi connectivity index (χ4v) is 2.31. The summed E-state index contributed by atoms with van der Waals surface area (Å²) >= 11 is 1.87. The van der Waals surface area contributed by atoms with Gasteiger partial charge in [0.15, 0.2) is 0 Å². The molecule has 2 N–H and O–H groups in total. The summed E-state index contributed by atoms with van der Waals surface area (Å²) in [7, 11) is 1.70. The maximum absolute atomic E-state index is 8.63. The number of para-hydroxylation sites is 1. The van der Waals surface area contributed by atoms with Crippen molar-refractivity contribution in [2.45, 2.75) is 13.0 Å². The molecule has 17 heavy (non-hydrogen) atoms. The number of aliphatic hydroxyl groups is 1. The van der Waals surface area contributed by atoms with E-state index in [9.17, 15) is 0 Å². The molecule has 0 amide bonds. The van der Waals surface area contributed by atoms with Crippen LogP contribution in [0.1, 0.15) is 12.0 Å². The molecule has 0 unspecified atom stereocenters. The summed E-state index contributed by atoms with van der Waals surface area (Å²) in [6.07, 6.45) is 0.886. The zero-order valence-electron chi connectivity index (χ0n) is 10.3. The minimum Gasteiger partial charge on any atom is -0.496 e. The van der Waals surface area contributed by atoms with E-state index in [-0.39, 0.29) is 0 Å². The van der Waals surface area contributed by atoms with Crippen molar-refractivity contribution in [3.05, 3.63) is 29.8 Å². The number of hydrogen-bond donors (Lipinski definition) is 2. The smallest absolute Gasteiger partial charge is 0.123 e. The van der Waals surface area contributed by atoms with Crippen LogP contribution >= 0.6 is 11.8 Å². The summed E-state index contributed by atoms with van der Waals surface area (Å²) in [6.45, 7) is 2.11. The lowest BCUT2D eigenvalue weighted by atomic mass is 10.2. The van der Waals surface area contributed by atoms with Crippen LogP contribution in [-0.4, -0.2) is 36.9 Å². The fourth-order valence-electron chi connectivity index (χ4n) is 1.49. The molecule has 0 radical (unpaired) electrons. The first-order valence-electron chi connectivity index (χ1n) is 5.89. The van der Waals surface area contributed by atoms with E-state index in [0.717, 1.165) is 36.8 Å². The standard InChI is InChI=1S/C13H21NO2S/c1-16-13-6-3-2-5-12(13)11-14-7-10-17-9-4-8-15/h2-3,5-6,14-15H,4,7-11H2,1H3.